The normalized spacial score (nSPS) is 16.3. The smallest absolute Gasteiger partial charge is 0.223 e. The zero-order chi connectivity index (χ0) is 18.6. The number of carbonyl (C=O) groups is 1. The van der Waals surface area contributed by atoms with Crippen molar-refractivity contribution in [1.82, 2.24) is 0 Å². The number of anilines is 1. The lowest BCUT2D eigenvalue weighted by atomic mass is 9.86. The van der Waals surface area contributed by atoms with Crippen LogP contribution < -0.4 is 4.90 Å². The summed E-state index contributed by atoms with van der Waals surface area (Å²) in [5.74, 6) is 0.0272. The van der Waals surface area contributed by atoms with Crippen molar-refractivity contribution in [1.29, 1.82) is 0 Å². The van der Waals surface area contributed by atoms with Gasteiger partial charge in [0.05, 0.1) is 5.60 Å². The molecule has 0 unspecified atom stereocenters. The van der Waals surface area contributed by atoms with E-state index in [0.717, 1.165) is 36.6 Å². The fourth-order valence-electron chi connectivity index (χ4n) is 3.21. The minimum atomic E-state index is -0.247. The summed E-state index contributed by atoms with van der Waals surface area (Å²) in [6.07, 6.45) is 1.76. The molecule has 2 aromatic rings. The molecule has 1 aliphatic rings. The van der Waals surface area contributed by atoms with Gasteiger partial charge in [0.2, 0.25) is 5.91 Å². The Morgan fingerprint density at radius 2 is 1.81 bits per heavy atom. The van der Waals surface area contributed by atoms with Gasteiger partial charge in [0, 0.05) is 62.6 Å². The highest BCUT2D eigenvalue weighted by Gasteiger charge is 2.34. The van der Waals surface area contributed by atoms with Gasteiger partial charge in [-0.2, -0.15) is 0 Å². The molecule has 3 rings (SSSR count). The van der Waals surface area contributed by atoms with E-state index < -0.39 is 0 Å². The maximum atomic E-state index is 11.5. The lowest BCUT2D eigenvalue weighted by molar-refractivity contribution is -0.116. The van der Waals surface area contributed by atoms with Crippen LogP contribution in [0.25, 0.3) is 0 Å². The molecule has 1 saturated heterocycles. The zero-order valence-electron chi connectivity index (χ0n) is 15.5. The summed E-state index contributed by atoms with van der Waals surface area (Å²) in [6.45, 7) is 3.03. The van der Waals surface area contributed by atoms with Crippen molar-refractivity contribution in [2.75, 3.05) is 32.3 Å². The molecule has 0 aliphatic carbocycles. The lowest BCUT2D eigenvalue weighted by Crippen LogP contribution is -2.35. The summed E-state index contributed by atoms with van der Waals surface area (Å²) in [5, 5.41) is 0. The second kappa shape index (κ2) is 8.25. The van der Waals surface area contributed by atoms with E-state index in [1.165, 1.54) is 10.5 Å². The van der Waals surface area contributed by atoms with Gasteiger partial charge in [-0.05, 0) is 42.0 Å². The summed E-state index contributed by atoms with van der Waals surface area (Å²) < 4.78 is 11.4. The molecule has 5 heteroatoms. The van der Waals surface area contributed by atoms with Crippen molar-refractivity contribution < 1.29 is 14.3 Å². The Labute approximate surface area is 159 Å². The maximum absolute atomic E-state index is 11.5. The SMILES string of the molecule is COC1(c2cccc(Sc3ccc(N(C)C(C)=O)cc3)c2)CCOCC1. The van der Waals surface area contributed by atoms with Crippen molar-refractivity contribution in [2.45, 2.75) is 35.2 Å². The standard InChI is InChI=1S/C21H25NO3S/c1-16(23)22(2)18-7-9-19(10-8-18)26-20-6-4-5-17(15-20)21(24-3)11-13-25-14-12-21/h4-10,15H,11-14H2,1-3H3. The molecule has 2 aromatic carbocycles. The monoisotopic (exact) mass is 371 g/mol. The quantitative estimate of drug-likeness (QED) is 0.777. The highest BCUT2D eigenvalue weighted by atomic mass is 32.2. The van der Waals surface area contributed by atoms with Crippen LogP contribution in [-0.2, 0) is 19.9 Å². The van der Waals surface area contributed by atoms with E-state index in [4.69, 9.17) is 9.47 Å². The van der Waals surface area contributed by atoms with Gasteiger partial charge in [0.1, 0.15) is 0 Å². The van der Waals surface area contributed by atoms with Crippen molar-refractivity contribution in [3.8, 4) is 0 Å². The van der Waals surface area contributed by atoms with Crippen LogP contribution in [0.15, 0.2) is 58.3 Å². The highest BCUT2D eigenvalue weighted by molar-refractivity contribution is 7.99. The molecule has 0 spiro atoms. The molecule has 0 saturated carbocycles. The Hall–Kier alpha value is -1.82. The van der Waals surface area contributed by atoms with Gasteiger partial charge in [-0.3, -0.25) is 4.79 Å². The second-order valence-corrected chi connectivity index (χ2v) is 7.66. The Morgan fingerprint density at radius 1 is 1.12 bits per heavy atom. The molecular weight excluding hydrogens is 346 g/mol. The first-order chi connectivity index (χ1) is 12.5. The van der Waals surface area contributed by atoms with Crippen LogP contribution in [0.4, 0.5) is 5.69 Å². The van der Waals surface area contributed by atoms with E-state index in [2.05, 4.69) is 24.3 Å². The van der Waals surface area contributed by atoms with E-state index in [1.807, 2.05) is 24.3 Å². The predicted molar refractivity (Wildman–Crippen MR) is 105 cm³/mol. The minimum Gasteiger partial charge on any atom is -0.381 e. The van der Waals surface area contributed by atoms with Crippen LogP contribution in [0.1, 0.15) is 25.3 Å². The molecule has 138 valence electrons. The van der Waals surface area contributed by atoms with Crippen LogP contribution in [-0.4, -0.2) is 33.3 Å². The number of rotatable bonds is 5. The number of amides is 1. The number of hydrogen-bond acceptors (Lipinski definition) is 4. The molecule has 0 atom stereocenters. The van der Waals surface area contributed by atoms with Gasteiger partial charge in [-0.1, -0.05) is 23.9 Å². The predicted octanol–water partition coefficient (Wildman–Crippen LogP) is 4.47. The molecule has 1 fully saturated rings. The Bertz CT molecular complexity index is 754. The number of methoxy groups -OCH3 is 1. The number of carbonyl (C=O) groups excluding carboxylic acids is 1. The summed E-state index contributed by atoms with van der Waals surface area (Å²) in [6, 6.07) is 16.6. The molecule has 4 nitrogen and oxygen atoms in total. The first-order valence-corrected chi connectivity index (χ1v) is 9.61. The average Bonchev–Trinajstić information content (AvgIpc) is 2.68. The van der Waals surface area contributed by atoms with Crippen LogP contribution >= 0.6 is 11.8 Å². The average molecular weight is 372 g/mol. The minimum absolute atomic E-state index is 0.0272. The van der Waals surface area contributed by atoms with Gasteiger partial charge in [-0.25, -0.2) is 0 Å². The van der Waals surface area contributed by atoms with Crippen molar-refractivity contribution >= 4 is 23.4 Å². The number of hydrogen-bond donors (Lipinski definition) is 0. The number of benzene rings is 2. The highest BCUT2D eigenvalue weighted by Crippen LogP contribution is 2.38. The van der Waals surface area contributed by atoms with Gasteiger partial charge >= 0.3 is 0 Å². The van der Waals surface area contributed by atoms with Crippen molar-refractivity contribution in [3.63, 3.8) is 0 Å². The Kier molecular flexibility index (Phi) is 6.01. The molecule has 1 heterocycles. The van der Waals surface area contributed by atoms with Crippen LogP contribution in [0.5, 0.6) is 0 Å². The van der Waals surface area contributed by atoms with E-state index >= 15 is 0 Å². The Morgan fingerprint density at radius 3 is 2.42 bits per heavy atom. The number of nitrogens with zero attached hydrogens (tertiary/aromatic N) is 1. The molecule has 1 amide bonds. The van der Waals surface area contributed by atoms with E-state index in [9.17, 15) is 4.79 Å². The van der Waals surface area contributed by atoms with Crippen LogP contribution in [0.3, 0.4) is 0 Å². The van der Waals surface area contributed by atoms with Crippen LogP contribution in [0.2, 0.25) is 0 Å². The zero-order valence-corrected chi connectivity index (χ0v) is 16.3. The van der Waals surface area contributed by atoms with Gasteiger partial charge in [0.25, 0.3) is 0 Å². The largest absolute Gasteiger partial charge is 0.381 e. The van der Waals surface area contributed by atoms with Gasteiger partial charge < -0.3 is 14.4 Å². The lowest BCUT2D eigenvalue weighted by Gasteiger charge is -2.36. The third-order valence-corrected chi connectivity index (χ3v) is 5.98. The fourth-order valence-corrected chi connectivity index (χ4v) is 4.09. The first kappa shape index (κ1) is 19.0. The summed E-state index contributed by atoms with van der Waals surface area (Å²) >= 11 is 1.71. The molecule has 0 radical (unpaired) electrons. The fraction of sp³-hybridized carbons (Fsp3) is 0.381. The van der Waals surface area contributed by atoms with Crippen molar-refractivity contribution in [3.05, 3.63) is 54.1 Å². The molecule has 0 N–H and O–H groups in total. The van der Waals surface area contributed by atoms with Crippen molar-refractivity contribution in [2.24, 2.45) is 0 Å². The first-order valence-electron chi connectivity index (χ1n) is 8.80. The molecule has 26 heavy (non-hydrogen) atoms. The molecule has 0 bridgehead atoms. The van der Waals surface area contributed by atoms with E-state index in [0.29, 0.717) is 0 Å². The summed E-state index contributed by atoms with van der Waals surface area (Å²) in [7, 11) is 3.57. The topological polar surface area (TPSA) is 38.8 Å². The summed E-state index contributed by atoms with van der Waals surface area (Å²) in [4.78, 5) is 15.4. The van der Waals surface area contributed by atoms with Gasteiger partial charge in [0.15, 0.2) is 0 Å². The molecular formula is C21H25NO3S. The van der Waals surface area contributed by atoms with Gasteiger partial charge in [-0.15, -0.1) is 0 Å². The third-order valence-electron chi connectivity index (χ3n) is 4.98. The molecule has 1 aliphatic heterocycles. The maximum Gasteiger partial charge on any atom is 0.223 e. The third kappa shape index (κ3) is 4.11. The number of ether oxygens (including phenoxy) is 2. The van der Waals surface area contributed by atoms with Crippen LogP contribution in [0, 0.1) is 0 Å². The second-order valence-electron chi connectivity index (χ2n) is 6.51. The molecule has 0 aromatic heterocycles. The van der Waals surface area contributed by atoms with E-state index in [-0.39, 0.29) is 11.5 Å². The Balaban J connectivity index is 1.77. The van der Waals surface area contributed by atoms with E-state index in [1.54, 1.807) is 37.7 Å². The summed E-state index contributed by atoms with van der Waals surface area (Å²) in [5.41, 5.74) is 1.86.